The van der Waals surface area contributed by atoms with E-state index in [1.165, 1.54) is 5.56 Å². The fraction of sp³-hybridized carbons (Fsp3) is 0.0625. The molecule has 0 spiro atoms. The summed E-state index contributed by atoms with van der Waals surface area (Å²) in [5.74, 6) is -0.414. The number of hydrogen-bond donors (Lipinski definition) is 2. The molecule has 0 saturated heterocycles. The average molecular weight is 250 g/mol. The van der Waals surface area contributed by atoms with Crippen molar-refractivity contribution in [1.82, 2.24) is 4.98 Å². The molecule has 0 bridgehead atoms. The van der Waals surface area contributed by atoms with Crippen molar-refractivity contribution in [3.63, 3.8) is 0 Å². The Labute approximate surface area is 111 Å². The molecule has 0 unspecified atom stereocenters. The minimum Gasteiger partial charge on any atom is -0.366 e. The molecule has 3 rings (SSSR count). The Bertz CT molecular complexity index is 754. The standard InChI is InChI=1S/C16H14N2O/c1-10-5-7-11(8-6-10)14-9-12-3-2-4-13(16(17)19)15(12)18-14/h2-9,18H,1H3,(H2,17,19). The van der Waals surface area contributed by atoms with Gasteiger partial charge in [-0.25, -0.2) is 0 Å². The Kier molecular flexibility index (Phi) is 2.60. The molecule has 3 nitrogen and oxygen atoms in total. The van der Waals surface area contributed by atoms with Crippen LogP contribution in [0.4, 0.5) is 0 Å². The number of aryl methyl sites for hydroxylation is 1. The number of fused-ring (bicyclic) bond motifs is 1. The average Bonchev–Trinajstić information content (AvgIpc) is 2.82. The van der Waals surface area contributed by atoms with Gasteiger partial charge in [-0.1, -0.05) is 42.0 Å². The second-order valence-corrected chi connectivity index (χ2v) is 4.68. The molecule has 0 saturated carbocycles. The van der Waals surface area contributed by atoms with E-state index in [1.54, 1.807) is 6.07 Å². The van der Waals surface area contributed by atoms with Crippen LogP contribution in [-0.2, 0) is 0 Å². The van der Waals surface area contributed by atoms with Gasteiger partial charge in [0.05, 0.1) is 11.1 Å². The van der Waals surface area contributed by atoms with Gasteiger partial charge in [-0.15, -0.1) is 0 Å². The Morgan fingerprint density at radius 1 is 1.11 bits per heavy atom. The molecule has 3 aromatic rings. The summed E-state index contributed by atoms with van der Waals surface area (Å²) in [5.41, 5.74) is 10.0. The van der Waals surface area contributed by atoms with Crippen molar-refractivity contribution in [2.75, 3.05) is 0 Å². The van der Waals surface area contributed by atoms with Crippen molar-refractivity contribution >= 4 is 16.8 Å². The number of benzene rings is 2. The number of rotatable bonds is 2. The molecule has 1 amide bonds. The van der Waals surface area contributed by atoms with Gasteiger partial charge in [-0.3, -0.25) is 4.79 Å². The van der Waals surface area contributed by atoms with Gasteiger partial charge in [-0.05, 0) is 24.6 Å². The van der Waals surface area contributed by atoms with E-state index in [4.69, 9.17) is 5.73 Å². The van der Waals surface area contributed by atoms with E-state index >= 15 is 0 Å². The van der Waals surface area contributed by atoms with Crippen molar-refractivity contribution in [3.8, 4) is 11.3 Å². The summed E-state index contributed by atoms with van der Waals surface area (Å²) < 4.78 is 0. The molecule has 3 N–H and O–H groups in total. The summed E-state index contributed by atoms with van der Waals surface area (Å²) in [6.07, 6.45) is 0. The predicted octanol–water partition coefficient (Wildman–Crippen LogP) is 3.24. The van der Waals surface area contributed by atoms with Gasteiger partial charge in [-0.2, -0.15) is 0 Å². The normalized spacial score (nSPS) is 10.8. The molecule has 0 aliphatic carbocycles. The van der Waals surface area contributed by atoms with Crippen molar-refractivity contribution in [2.45, 2.75) is 6.92 Å². The van der Waals surface area contributed by atoms with E-state index in [2.05, 4.69) is 36.2 Å². The Balaban J connectivity index is 2.19. The van der Waals surface area contributed by atoms with Gasteiger partial charge >= 0.3 is 0 Å². The highest BCUT2D eigenvalue weighted by atomic mass is 16.1. The number of hydrogen-bond acceptors (Lipinski definition) is 1. The third-order valence-electron chi connectivity index (χ3n) is 3.28. The van der Waals surface area contributed by atoms with E-state index < -0.39 is 5.91 Å². The van der Waals surface area contributed by atoms with Crippen LogP contribution in [0, 0.1) is 6.92 Å². The smallest absolute Gasteiger partial charge is 0.250 e. The van der Waals surface area contributed by atoms with Gasteiger partial charge in [0, 0.05) is 11.1 Å². The van der Waals surface area contributed by atoms with Gasteiger partial charge in [0.2, 0.25) is 0 Å². The zero-order valence-corrected chi connectivity index (χ0v) is 10.6. The van der Waals surface area contributed by atoms with Crippen molar-refractivity contribution in [3.05, 3.63) is 59.7 Å². The molecule has 1 aromatic heterocycles. The van der Waals surface area contributed by atoms with Crippen molar-refractivity contribution < 1.29 is 4.79 Å². The molecule has 0 aliphatic heterocycles. The van der Waals surface area contributed by atoms with Gasteiger partial charge in [0.25, 0.3) is 5.91 Å². The third-order valence-corrected chi connectivity index (χ3v) is 3.28. The molecule has 3 heteroatoms. The number of aromatic nitrogens is 1. The zero-order chi connectivity index (χ0) is 13.4. The number of carbonyl (C=O) groups excluding carboxylic acids is 1. The summed E-state index contributed by atoms with van der Waals surface area (Å²) in [6.45, 7) is 2.06. The largest absolute Gasteiger partial charge is 0.366 e. The maximum atomic E-state index is 11.4. The highest BCUT2D eigenvalue weighted by molar-refractivity contribution is 6.06. The first-order valence-electron chi connectivity index (χ1n) is 6.14. The second-order valence-electron chi connectivity index (χ2n) is 4.68. The van der Waals surface area contributed by atoms with Crippen LogP contribution in [0.25, 0.3) is 22.2 Å². The molecule has 0 atom stereocenters. The molecular formula is C16H14N2O. The molecule has 0 aliphatic rings. The van der Waals surface area contributed by atoms with Crippen LogP contribution in [0.15, 0.2) is 48.5 Å². The van der Waals surface area contributed by atoms with E-state index in [0.29, 0.717) is 5.56 Å². The van der Waals surface area contributed by atoms with Crippen molar-refractivity contribution in [1.29, 1.82) is 0 Å². The zero-order valence-electron chi connectivity index (χ0n) is 10.6. The minimum atomic E-state index is -0.414. The van der Waals surface area contributed by atoms with Crippen LogP contribution >= 0.6 is 0 Å². The summed E-state index contributed by atoms with van der Waals surface area (Å²) >= 11 is 0. The number of aromatic amines is 1. The number of nitrogens with one attached hydrogen (secondary N) is 1. The van der Waals surface area contributed by atoms with Gasteiger partial charge in [0.1, 0.15) is 0 Å². The lowest BCUT2D eigenvalue weighted by atomic mass is 10.1. The van der Waals surface area contributed by atoms with E-state index in [0.717, 1.165) is 22.2 Å². The Morgan fingerprint density at radius 2 is 1.84 bits per heavy atom. The molecule has 19 heavy (non-hydrogen) atoms. The number of primary amides is 1. The first kappa shape index (κ1) is 11.5. The van der Waals surface area contributed by atoms with Crippen LogP contribution in [-0.4, -0.2) is 10.9 Å². The maximum absolute atomic E-state index is 11.4. The van der Waals surface area contributed by atoms with Crippen LogP contribution in [0.3, 0.4) is 0 Å². The number of amides is 1. The van der Waals surface area contributed by atoms with Crippen LogP contribution in [0.1, 0.15) is 15.9 Å². The minimum absolute atomic E-state index is 0.414. The summed E-state index contributed by atoms with van der Waals surface area (Å²) in [4.78, 5) is 14.7. The first-order valence-corrected chi connectivity index (χ1v) is 6.14. The SMILES string of the molecule is Cc1ccc(-c2cc3cccc(C(N)=O)c3[nH]2)cc1. The summed E-state index contributed by atoms with van der Waals surface area (Å²) in [6, 6.07) is 15.8. The maximum Gasteiger partial charge on any atom is 0.250 e. The Hall–Kier alpha value is -2.55. The highest BCUT2D eigenvalue weighted by Crippen LogP contribution is 2.26. The van der Waals surface area contributed by atoms with E-state index in [1.807, 2.05) is 18.2 Å². The number of nitrogens with two attached hydrogens (primary N) is 1. The molecule has 0 fully saturated rings. The van der Waals surface area contributed by atoms with E-state index in [-0.39, 0.29) is 0 Å². The van der Waals surface area contributed by atoms with Crippen molar-refractivity contribution in [2.24, 2.45) is 5.73 Å². The fourth-order valence-corrected chi connectivity index (χ4v) is 2.25. The second kappa shape index (κ2) is 4.28. The quantitative estimate of drug-likeness (QED) is 0.720. The molecule has 2 aromatic carbocycles. The van der Waals surface area contributed by atoms with Crippen LogP contribution in [0.5, 0.6) is 0 Å². The number of carbonyl (C=O) groups is 1. The molecule has 1 heterocycles. The Morgan fingerprint density at radius 3 is 2.53 bits per heavy atom. The van der Waals surface area contributed by atoms with Crippen LogP contribution in [0.2, 0.25) is 0 Å². The highest BCUT2D eigenvalue weighted by Gasteiger charge is 2.10. The lowest BCUT2D eigenvalue weighted by molar-refractivity contribution is 0.100. The molecular weight excluding hydrogens is 236 g/mol. The predicted molar refractivity (Wildman–Crippen MR) is 77.0 cm³/mol. The van der Waals surface area contributed by atoms with Gasteiger partial charge in [0.15, 0.2) is 0 Å². The lowest BCUT2D eigenvalue weighted by Gasteiger charge is -1.99. The molecule has 0 radical (unpaired) electrons. The van der Waals surface area contributed by atoms with E-state index in [9.17, 15) is 4.79 Å². The number of para-hydroxylation sites is 1. The molecule has 94 valence electrons. The van der Waals surface area contributed by atoms with Gasteiger partial charge < -0.3 is 10.7 Å². The summed E-state index contributed by atoms with van der Waals surface area (Å²) in [7, 11) is 0. The third kappa shape index (κ3) is 1.99. The topological polar surface area (TPSA) is 58.9 Å². The first-order chi connectivity index (χ1) is 9.15. The number of H-pyrrole nitrogens is 1. The fourth-order valence-electron chi connectivity index (χ4n) is 2.25. The van der Waals surface area contributed by atoms with Crippen LogP contribution < -0.4 is 5.73 Å². The summed E-state index contributed by atoms with van der Waals surface area (Å²) in [5, 5.41) is 0.992. The lowest BCUT2D eigenvalue weighted by Crippen LogP contribution is -2.11. The monoisotopic (exact) mass is 250 g/mol.